The summed E-state index contributed by atoms with van der Waals surface area (Å²) in [5.74, 6) is 3.05. The molecule has 0 spiro atoms. The van der Waals surface area contributed by atoms with E-state index >= 15 is 0 Å². The highest BCUT2D eigenvalue weighted by Crippen LogP contribution is 2.66. The zero-order chi connectivity index (χ0) is 14.8. The molecule has 0 aromatic rings. The molecule has 0 heterocycles. The fourth-order valence-electron chi connectivity index (χ4n) is 7.14. The topological polar surface area (TPSA) is 20.2 Å². The predicted molar refractivity (Wildman–Crippen MR) is 86.9 cm³/mol. The number of rotatable bonds is 0. The first-order valence-corrected chi connectivity index (χ1v) is 9.32. The lowest BCUT2D eigenvalue weighted by molar-refractivity contribution is -0.150. The van der Waals surface area contributed by atoms with E-state index in [1.807, 2.05) is 0 Å². The SMILES string of the molecule is CC1=CC[C@H]2[C@@H]3CC(O)C4CCCC[C@]4(C)C3CC[C@]12C. The summed E-state index contributed by atoms with van der Waals surface area (Å²) >= 11 is 0. The van der Waals surface area contributed by atoms with Crippen molar-refractivity contribution in [2.45, 2.75) is 78.2 Å². The number of hydrogen-bond acceptors (Lipinski definition) is 1. The minimum Gasteiger partial charge on any atom is -0.393 e. The average molecular weight is 288 g/mol. The van der Waals surface area contributed by atoms with Crippen LogP contribution in [0.3, 0.4) is 0 Å². The van der Waals surface area contributed by atoms with Crippen molar-refractivity contribution in [1.82, 2.24) is 0 Å². The average Bonchev–Trinajstić information content (AvgIpc) is 2.75. The van der Waals surface area contributed by atoms with Gasteiger partial charge in [-0.3, -0.25) is 0 Å². The van der Waals surface area contributed by atoms with E-state index in [0.29, 0.717) is 16.7 Å². The second-order valence-electron chi connectivity index (χ2n) is 9.12. The van der Waals surface area contributed by atoms with Crippen LogP contribution in [0.15, 0.2) is 11.6 Å². The summed E-state index contributed by atoms with van der Waals surface area (Å²) in [4.78, 5) is 0. The molecule has 4 rings (SSSR count). The Kier molecular flexibility index (Phi) is 3.13. The normalized spacial score (nSPS) is 56.2. The second-order valence-corrected chi connectivity index (χ2v) is 9.12. The molecule has 4 aliphatic rings. The lowest BCUT2D eigenvalue weighted by atomic mass is 9.44. The summed E-state index contributed by atoms with van der Waals surface area (Å²) in [5.41, 5.74) is 2.51. The van der Waals surface area contributed by atoms with Gasteiger partial charge in [0.1, 0.15) is 0 Å². The van der Waals surface area contributed by atoms with Crippen molar-refractivity contribution in [3.8, 4) is 0 Å². The quantitative estimate of drug-likeness (QED) is 0.626. The Bertz CT molecular complexity index is 466. The highest BCUT2D eigenvalue weighted by Gasteiger charge is 2.59. The third-order valence-electron chi connectivity index (χ3n) is 8.56. The van der Waals surface area contributed by atoms with Crippen molar-refractivity contribution in [1.29, 1.82) is 0 Å². The molecule has 4 aliphatic carbocycles. The summed E-state index contributed by atoms with van der Waals surface area (Å²) in [6, 6.07) is 0. The van der Waals surface area contributed by atoms with Crippen LogP contribution in [-0.4, -0.2) is 11.2 Å². The highest BCUT2D eigenvalue weighted by molar-refractivity contribution is 5.24. The van der Waals surface area contributed by atoms with Crippen LogP contribution >= 0.6 is 0 Å². The van der Waals surface area contributed by atoms with Gasteiger partial charge in [0, 0.05) is 0 Å². The van der Waals surface area contributed by atoms with E-state index in [4.69, 9.17) is 0 Å². The molecule has 1 nitrogen and oxygen atoms in total. The molecule has 21 heavy (non-hydrogen) atoms. The van der Waals surface area contributed by atoms with Crippen molar-refractivity contribution in [3.05, 3.63) is 11.6 Å². The van der Waals surface area contributed by atoms with E-state index < -0.39 is 0 Å². The molecule has 0 bridgehead atoms. The minimum absolute atomic E-state index is 0.0280. The van der Waals surface area contributed by atoms with Gasteiger partial charge >= 0.3 is 0 Å². The first-order chi connectivity index (χ1) is 9.97. The van der Waals surface area contributed by atoms with E-state index in [1.54, 1.807) is 5.57 Å². The van der Waals surface area contributed by atoms with Crippen LogP contribution in [0.25, 0.3) is 0 Å². The van der Waals surface area contributed by atoms with Crippen LogP contribution < -0.4 is 0 Å². The number of hydrogen-bond donors (Lipinski definition) is 1. The predicted octanol–water partition coefficient (Wildman–Crippen LogP) is 4.95. The smallest absolute Gasteiger partial charge is 0.0576 e. The Hall–Kier alpha value is -0.300. The molecule has 0 aromatic carbocycles. The van der Waals surface area contributed by atoms with Crippen molar-refractivity contribution in [3.63, 3.8) is 0 Å². The maximum atomic E-state index is 10.9. The monoisotopic (exact) mass is 288 g/mol. The van der Waals surface area contributed by atoms with Crippen molar-refractivity contribution in [2.75, 3.05) is 0 Å². The molecule has 3 unspecified atom stereocenters. The fourth-order valence-corrected chi connectivity index (χ4v) is 7.14. The lowest BCUT2D eigenvalue weighted by Gasteiger charge is -2.61. The van der Waals surface area contributed by atoms with Gasteiger partial charge < -0.3 is 5.11 Å². The molecule has 0 aliphatic heterocycles. The number of allylic oxidation sites excluding steroid dienone is 2. The third kappa shape index (κ3) is 1.79. The van der Waals surface area contributed by atoms with Gasteiger partial charge in [-0.15, -0.1) is 0 Å². The Balaban J connectivity index is 1.69. The van der Waals surface area contributed by atoms with Gasteiger partial charge in [0.25, 0.3) is 0 Å². The molecule has 0 saturated heterocycles. The maximum Gasteiger partial charge on any atom is 0.0576 e. The molecule has 3 fully saturated rings. The summed E-state index contributed by atoms with van der Waals surface area (Å²) in [5, 5.41) is 10.9. The van der Waals surface area contributed by atoms with Gasteiger partial charge in [0.2, 0.25) is 0 Å². The summed E-state index contributed by atoms with van der Waals surface area (Å²) in [7, 11) is 0. The molecule has 3 saturated carbocycles. The van der Waals surface area contributed by atoms with Gasteiger partial charge in [0.05, 0.1) is 6.10 Å². The van der Waals surface area contributed by atoms with E-state index in [2.05, 4.69) is 26.8 Å². The molecule has 118 valence electrons. The molecule has 7 atom stereocenters. The van der Waals surface area contributed by atoms with E-state index in [0.717, 1.165) is 24.2 Å². The van der Waals surface area contributed by atoms with Gasteiger partial charge in [-0.1, -0.05) is 38.3 Å². The van der Waals surface area contributed by atoms with Crippen LogP contribution in [0.4, 0.5) is 0 Å². The van der Waals surface area contributed by atoms with E-state index in [1.165, 1.54) is 44.9 Å². The van der Waals surface area contributed by atoms with Crippen LogP contribution in [-0.2, 0) is 0 Å². The van der Waals surface area contributed by atoms with Crippen LogP contribution in [0.2, 0.25) is 0 Å². The molecule has 0 aromatic heterocycles. The first-order valence-electron chi connectivity index (χ1n) is 9.32. The van der Waals surface area contributed by atoms with Crippen LogP contribution in [0.1, 0.15) is 72.1 Å². The standard InChI is InChI=1S/C20H32O/c1-13-7-8-15-14-12-18(21)17-6-4-5-10-20(17,3)16(14)9-11-19(13,15)2/h7,14-18,21H,4-6,8-12H2,1-3H3/t14-,15-,16?,17?,18?,19+,20+/m0/s1. The van der Waals surface area contributed by atoms with Gasteiger partial charge in [-0.2, -0.15) is 0 Å². The minimum atomic E-state index is -0.0280. The van der Waals surface area contributed by atoms with Gasteiger partial charge in [0.15, 0.2) is 0 Å². The molecular weight excluding hydrogens is 256 g/mol. The zero-order valence-electron chi connectivity index (χ0n) is 14.1. The first kappa shape index (κ1) is 14.3. The Morgan fingerprint density at radius 3 is 2.67 bits per heavy atom. The Morgan fingerprint density at radius 2 is 1.86 bits per heavy atom. The summed E-state index contributed by atoms with van der Waals surface area (Å²) < 4.78 is 0. The van der Waals surface area contributed by atoms with Gasteiger partial charge in [-0.25, -0.2) is 0 Å². The number of aliphatic hydroxyl groups excluding tert-OH is 1. The number of fused-ring (bicyclic) bond motifs is 5. The van der Waals surface area contributed by atoms with Gasteiger partial charge in [-0.05, 0) is 80.0 Å². The molecular formula is C20H32O. The van der Waals surface area contributed by atoms with E-state index in [9.17, 15) is 5.11 Å². The molecule has 0 radical (unpaired) electrons. The van der Waals surface area contributed by atoms with Crippen molar-refractivity contribution in [2.24, 2.45) is 34.5 Å². The zero-order valence-corrected chi connectivity index (χ0v) is 14.1. The van der Waals surface area contributed by atoms with Crippen molar-refractivity contribution < 1.29 is 5.11 Å². The largest absolute Gasteiger partial charge is 0.393 e. The number of aliphatic hydroxyl groups is 1. The Labute approximate surface area is 130 Å². The Morgan fingerprint density at radius 1 is 1.05 bits per heavy atom. The summed E-state index contributed by atoms with van der Waals surface area (Å²) in [6.45, 7) is 7.40. The summed E-state index contributed by atoms with van der Waals surface area (Å²) in [6.07, 6.45) is 13.0. The molecule has 0 amide bonds. The lowest BCUT2D eigenvalue weighted by Crippen LogP contribution is -2.56. The molecule has 1 heteroatoms. The highest BCUT2D eigenvalue weighted by atomic mass is 16.3. The molecule has 1 N–H and O–H groups in total. The van der Waals surface area contributed by atoms with E-state index in [-0.39, 0.29) is 6.10 Å². The maximum absolute atomic E-state index is 10.9. The van der Waals surface area contributed by atoms with Crippen LogP contribution in [0.5, 0.6) is 0 Å². The van der Waals surface area contributed by atoms with Crippen LogP contribution in [0, 0.1) is 34.5 Å². The third-order valence-corrected chi connectivity index (χ3v) is 8.56. The fraction of sp³-hybridized carbons (Fsp3) is 0.900. The van der Waals surface area contributed by atoms with Crippen molar-refractivity contribution >= 4 is 0 Å². The second kappa shape index (κ2) is 4.60.